The number of ether oxygens (including phenoxy) is 1. The van der Waals surface area contributed by atoms with Crippen LogP contribution in [0.2, 0.25) is 0 Å². The highest BCUT2D eigenvalue weighted by molar-refractivity contribution is 7.13. The van der Waals surface area contributed by atoms with Crippen molar-refractivity contribution < 1.29 is 33.8 Å². The van der Waals surface area contributed by atoms with E-state index in [0.717, 1.165) is 47.4 Å². The average molecular weight is 840 g/mol. The molecule has 0 unspecified atom stereocenters. The number of nitrogen functional groups attached to an aromatic ring is 1. The smallest absolute Gasteiger partial charge is 0.255 e. The molecule has 15 heteroatoms. The second-order valence-corrected chi connectivity index (χ2v) is 17.0. The Morgan fingerprint density at radius 1 is 0.917 bits per heavy atom. The minimum absolute atomic E-state index is 0.0123. The summed E-state index contributed by atoms with van der Waals surface area (Å²) in [6.45, 7) is 8.16. The van der Waals surface area contributed by atoms with Crippen LogP contribution in [0.25, 0.3) is 10.4 Å². The molecule has 0 saturated carbocycles. The van der Waals surface area contributed by atoms with Gasteiger partial charge in [-0.2, -0.15) is 0 Å². The zero-order valence-electron chi connectivity index (χ0n) is 34.8. The number of thiazole rings is 1. The third-order valence-corrected chi connectivity index (χ3v) is 11.3. The van der Waals surface area contributed by atoms with Crippen LogP contribution in [0.5, 0.6) is 0 Å². The van der Waals surface area contributed by atoms with Gasteiger partial charge in [-0.1, -0.05) is 76.4 Å². The van der Waals surface area contributed by atoms with Crippen molar-refractivity contribution >= 4 is 57.9 Å². The zero-order chi connectivity index (χ0) is 43.2. The summed E-state index contributed by atoms with van der Waals surface area (Å²) in [4.78, 5) is 72.1. The van der Waals surface area contributed by atoms with Crippen molar-refractivity contribution in [3.63, 3.8) is 0 Å². The van der Waals surface area contributed by atoms with Crippen LogP contribution < -0.4 is 27.0 Å². The number of hydrogen-bond donors (Lipinski definition) is 6. The number of amides is 5. The number of aromatic nitrogens is 1. The summed E-state index contributed by atoms with van der Waals surface area (Å²) in [5.41, 5.74) is 11.9. The van der Waals surface area contributed by atoms with E-state index in [1.54, 1.807) is 59.9 Å². The summed E-state index contributed by atoms with van der Waals surface area (Å²) in [5, 5.41) is 21.9. The number of rotatable bonds is 19. The van der Waals surface area contributed by atoms with Crippen LogP contribution in [0.3, 0.4) is 0 Å². The van der Waals surface area contributed by atoms with Gasteiger partial charge < -0.3 is 41.7 Å². The van der Waals surface area contributed by atoms with Gasteiger partial charge in [-0.05, 0) is 72.7 Å². The van der Waals surface area contributed by atoms with E-state index in [1.165, 1.54) is 4.90 Å². The lowest BCUT2D eigenvalue weighted by Crippen LogP contribution is -2.57. The molecule has 0 radical (unpaired) electrons. The molecule has 1 aliphatic heterocycles. The monoisotopic (exact) mass is 839 g/mol. The summed E-state index contributed by atoms with van der Waals surface area (Å²) in [6.07, 6.45) is 3.46. The number of carbonyl (C=O) groups is 5. The van der Waals surface area contributed by atoms with Gasteiger partial charge in [0.2, 0.25) is 23.6 Å². The number of likely N-dealkylation sites (tertiary alicyclic amines) is 1. The normalized spacial score (nSPS) is 15.6. The molecule has 1 aliphatic rings. The Labute approximate surface area is 355 Å². The van der Waals surface area contributed by atoms with Crippen LogP contribution in [-0.4, -0.2) is 82.5 Å². The molecule has 1 saturated heterocycles. The lowest BCUT2D eigenvalue weighted by Gasteiger charge is -2.35. The first-order chi connectivity index (χ1) is 28.7. The highest BCUT2D eigenvalue weighted by Gasteiger charge is 2.44. The van der Waals surface area contributed by atoms with Crippen molar-refractivity contribution in [2.45, 2.75) is 97.4 Å². The Kier molecular flexibility index (Phi) is 16.3. The molecule has 5 rings (SSSR count). The maximum atomic E-state index is 13.9. The lowest BCUT2D eigenvalue weighted by atomic mass is 9.85. The largest absolute Gasteiger partial charge is 0.397 e. The van der Waals surface area contributed by atoms with Crippen LogP contribution in [0.15, 0.2) is 78.3 Å². The van der Waals surface area contributed by atoms with Gasteiger partial charge in [-0.3, -0.25) is 24.0 Å². The summed E-state index contributed by atoms with van der Waals surface area (Å²) in [5.74, 6) is -1.60. The van der Waals surface area contributed by atoms with Gasteiger partial charge in [0.15, 0.2) is 0 Å². The van der Waals surface area contributed by atoms with E-state index in [4.69, 9.17) is 10.5 Å². The first-order valence-corrected chi connectivity index (χ1v) is 21.3. The van der Waals surface area contributed by atoms with Crippen molar-refractivity contribution in [1.29, 1.82) is 0 Å². The summed E-state index contributed by atoms with van der Waals surface area (Å²) in [6, 6.07) is 19.7. The molecule has 3 aromatic carbocycles. The van der Waals surface area contributed by atoms with E-state index in [1.807, 2.05) is 57.5 Å². The molecule has 320 valence electrons. The van der Waals surface area contributed by atoms with Crippen molar-refractivity contribution in [3.8, 4) is 10.4 Å². The van der Waals surface area contributed by atoms with Crippen LogP contribution in [0, 0.1) is 12.3 Å². The number of nitrogens with zero attached hydrogens (tertiary/aromatic N) is 2. The number of unbranched alkanes of at least 4 members (excludes halogenated alkanes) is 4. The summed E-state index contributed by atoms with van der Waals surface area (Å²) in [7, 11) is 0. The van der Waals surface area contributed by atoms with E-state index in [0.29, 0.717) is 35.7 Å². The van der Waals surface area contributed by atoms with Crippen molar-refractivity contribution in [2.24, 2.45) is 5.41 Å². The third kappa shape index (κ3) is 13.2. The maximum Gasteiger partial charge on any atom is 0.255 e. The molecule has 2 heterocycles. The molecular weight excluding hydrogens is 783 g/mol. The Morgan fingerprint density at radius 3 is 2.30 bits per heavy atom. The van der Waals surface area contributed by atoms with Gasteiger partial charge >= 0.3 is 0 Å². The maximum absolute atomic E-state index is 13.9. The van der Waals surface area contributed by atoms with E-state index in [9.17, 15) is 29.1 Å². The number of nitrogens with two attached hydrogens (primary N) is 1. The average Bonchev–Trinajstić information content (AvgIpc) is 3.84. The predicted molar refractivity (Wildman–Crippen MR) is 234 cm³/mol. The number of aliphatic hydroxyl groups excluding tert-OH is 1. The topological polar surface area (TPSA) is 205 Å². The molecule has 14 nitrogen and oxygen atoms in total. The molecule has 60 heavy (non-hydrogen) atoms. The number of carbonyl (C=O) groups excluding carboxylic acids is 5. The first kappa shape index (κ1) is 45.4. The fourth-order valence-corrected chi connectivity index (χ4v) is 7.72. The quantitative estimate of drug-likeness (QED) is 0.0479. The van der Waals surface area contributed by atoms with E-state index in [2.05, 4.69) is 26.3 Å². The number of nitrogens with one attached hydrogen (secondary N) is 4. The van der Waals surface area contributed by atoms with Gasteiger partial charge in [0.05, 0.1) is 33.6 Å². The van der Waals surface area contributed by atoms with Gasteiger partial charge in [-0.25, -0.2) is 4.98 Å². The molecule has 0 aliphatic carbocycles. The minimum Gasteiger partial charge on any atom is -0.397 e. The van der Waals surface area contributed by atoms with Crippen molar-refractivity contribution in [3.05, 3.63) is 95.1 Å². The minimum atomic E-state index is -0.881. The van der Waals surface area contributed by atoms with Gasteiger partial charge in [0, 0.05) is 43.8 Å². The van der Waals surface area contributed by atoms with Crippen molar-refractivity contribution in [1.82, 2.24) is 20.5 Å². The Morgan fingerprint density at radius 2 is 1.62 bits per heavy atom. The molecule has 0 bridgehead atoms. The molecule has 5 amide bonds. The van der Waals surface area contributed by atoms with Crippen LogP contribution in [-0.2, 0) is 30.5 Å². The van der Waals surface area contributed by atoms with Crippen molar-refractivity contribution in [2.75, 3.05) is 36.1 Å². The number of aliphatic hydroxyl groups is 1. The van der Waals surface area contributed by atoms with Crippen LogP contribution in [0.1, 0.15) is 87.3 Å². The number of β-amino-alcohol motifs (C(OH)–C–C–N with tert-alkyl or cyclic N) is 1. The highest BCUT2D eigenvalue weighted by Crippen LogP contribution is 2.29. The summed E-state index contributed by atoms with van der Waals surface area (Å²) < 4.78 is 5.54. The van der Waals surface area contributed by atoms with Gasteiger partial charge in [0.25, 0.3) is 5.91 Å². The second kappa shape index (κ2) is 21.6. The molecule has 7 N–H and O–H groups in total. The van der Waals surface area contributed by atoms with E-state index < -0.39 is 29.5 Å². The molecular formula is C45H57N7O7S. The fourth-order valence-electron chi connectivity index (χ4n) is 6.91. The first-order valence-electron chi connectivity index (χ1n) is 20.4. The Bertz CT molecular complexity index is 2080. The molecule has 1 fully saturated rings. The number of hydrogen-bond acceptors (Lipinski definition) is 10. The van der Waals surface area contributed by atoms with Crippen LogP contribution in [0.4, 0.5) is 17.1 Å². The molecule has 0 spiro atoms. The second-order valence-electron chi connectivity index (χ2n) is 16.2. The van der Waals surface area contributed by atoms with Gasteiger partial charge in [-0.15, -0.1) is 11.3 Å². The SMILES string of the molecule is Cc1ncsc1-c1ccc(CNC(=O)[C@@H]2C[C@@H](O)CN2C(=O)[C@@H](NC(=O)CCCCCCCOCC(=O)Nc2ccc(C(=O)Nc3ccccc3N)cc2)C(C)(C)C)cc1. The zero-order valence-corrected chi connectivity index (χ0v) is 35.6. The Hall–Kier alpha value is -5.64. The van der Waals surface area contributed by atoms with E-state index >= 15 is 0 Å². The number of para-hydroxylation sites is 2. The summed E-state index contributed by atoms with van der Waals surface area (Å²) >= 11 is 1.57. The standard InChI is InChI=1S/C45H57N7O7S/c1-29-40(60-28-48-29)31-17-15-30(16-18-31)25-47-43(57)37-24-34(53)26-52(37)44(58)41(45(2,3)4)51-38(54)14-8-6-5-7-11-23-59-27-39(55)49-33-21-19-32(20-22-33)42(56)50-36-13-10-9-12-35(36)46/h9-10,12-13,15-22,28,34,37,41,53H,5-8,11,14,23-27,46H2,1-4H3,(H,47,57)(H,49,55)(H,50,56)(H,51,54)/t34-,37+,41-/m1/s1. The van der Waals surface area contributed by atoms with Gasteiger partial charge in [0.1, 0.15) is 18.7 Å². The lowest BCUT2D eigenvalue weighted by molar-refractivity contribution is -0.144. The number of aryl methyl sites for hydroxylation is 1. The van der Waals surface area contributed by atoms with E-state index in [-0.39, 0.29) is 56.2 Å². The molecule has 1 aromatic heterocycles. The highest BCUT2D eigenvalue weighted by atomic mass is 32.1. The predicted octanol–water partition coefficient (Wildman–Crippen LogP) is 6.06. The molecule has 3 atom stereocenters. The van der Waals surface area contributed by atoms with Crippen LogP contribution >= 0.6 is 11.3 Å². The fraction of sp³-hybridized carbons (Fsp3) is 0.422. The number of benzene rings is 3. The molecule has 4 aromatic rings. The third-order valence-electron chi connectivity index (χ3n) is 10.3. The number of anilines is 3. The Balaban J connectivity index is 0.962.